The first-order valence-electron chi connectivity index (χ1n) is 8.12. The van der Waals surface area contributed by atoms with Gasteiger partial charge in [0.2, 0.25) is 0 Å². The Kier molecular flexibility index (Phi) is 3.80. The van der Waals surface area contributed by atoms with Crippen molar-refractivity contribution < 1.29 is 4.74 Å². The van der Waals surface area contributed by atoms with Crippen LogP contribution in [0.1, 0.15) is 5.56 Å². The predicted octanol–water partition coefficient (Wildman–Crippen LogP) is 5.37. The molecule has 0 aliphatic rings. The lowest BCUT2D eigenvalue weighted by Gasteiger charge is -2.12. The molecular weight excluding hydrogens is 294 g/mol. The number of para-hydroxylation sites is 1. The van der Waals surface area contributed by atoms with Crippen LogP contribution in [0.25, 0.3) is 22.2 Å². The number of nitrogens with zero attached hydrogens (tertiary/aromatic N) is 1. The van der Waals surface area contributed by atoms with Crippen LogP contribution < -0.4 is 4.74 Å². The highest BCUT2D eigenvalue weighted by atomic mass is 16.5. The molecule has 24 heavy (non-hydrogen) atoms. The van der Waals surface area contributed by atoms with Crippen molar-refractivity contribution in [3.8, 4) is 17.0 Å². The Morgan fingerprint density at radius 3 is 2.25 bits per heavy atom. The number of ether oxygens (including phenoxy) is 1. The molecule has 0 fully saturated rings. The quantitative estimate of drug-likeness (QED) is 0.494. The van der Waals surface area contributed by atoms with E-state index in [0.29, 0.717) is 0 Å². The van der Waals surface area contributed by atoms with E-state index in [2.05, 4.69) is 77.4 Å². The Balaban J connectivity index is 1.85. The van der Waals surface area contributed by atoms with Gasteiger partial charge in [-0.1, -0.05) is 48.5 Å². The predicted molar refractivity (Wildman–Crippen MR) is 99.5 cm³/mol. The molecule has 118 valence electrons. The third-order valence-electron chi connectivity index (χ3n) is 4.38. The van der Waals surface area contributed by atoms with E-state index in [1.165, 1.54) is 27.7 Å². The summed E-state index contributed by atoms with van der Waals surface area (Å²) >= 11 is 0. The van der Waals surface area contributed by atoms with Crippen LogP contribution in [0.4, 0.5) is 0 Å². The molecule has 0 spiro atoms. The molecule has 0 bridgehead atoms. The number of methoxy groups -OCH3 is 1. The molecule has 0 radical (unpaired) electrons. The molecule has 4 rings (SSSR count). The second-order valence-corrected chi connectivity index (χ2v) is 5.89. The first kappa shape index (κ1) is 14.6. The SMILES string of the molecule is COc1ccc(-c2cc3ccccc3n2Cc2ccccc2)cc1. The number of fused-ring (bicyclic) bond motifs is 1. The summed E-state index contributed by atoms with van der Waals surface area (Å²) < 4.78 is 7.66. The molecule has 0 saturated carbocycles. The van der Waals surface area contributed by atoms with Gasteiger partial charge >= 0.3 is 0 Å². The largest absolute Gasteiger partial charge is 0.497 e. The molecule has 0 atom stereocenters. The standard InChI is InChI=1S/C22H19NO/c1-24-20-13-11-18(12-14-20)22-15-19-9-5-6-10-21(19)23(22)16-17-7-3-2-4-8-17/h2-15H,16H2,1H3. The fourth-order valence-corrected chi connectivity index (χ4v) is 3.15. The molecule has 0 N–H and O–H groups in total. The van der Waals surface area contributed by atoms with Crippen molar-refractivity contribution in [2.75, 3.05) is 7.11 Å². The van der Waals surface area contributed by atoms with Gasteiger partial charge in [-0.2, -0.15) is 0 Å². The van der Waals surface area contributed by atoms with Crippen LogP contribution in [0.15, 0.2) is 84.9 Å². The Morgan fingerprint density at radius 2 is 1.50 bits per heavy atom. The van der Waals surface area contributed by atoms with Gasteiger partial charge in [-0.15, -0.1) is 0 Å². The molecule has 0 aliphatic heterocycles. The zero-order valence-electron chi connectivity index (χ0n) is 13.6. The summed E-state index contributed by atoms with van der Waals surface area (Å²) in [6.07, 6.45) is 0. The van der Waals surface area contributed by atoms with Gasteiger partial charge in [-0.05, 0) is 47.5 Å². The lowest BCUT2D eigenvalue weighted by Crippen LogP contribution is -2.01. The third-order valence-corrected chi connectivity index (χ3v) is 4.38. The van der Waals surface area contributed by atoms with Gasteiger partial charge < -0.3 is 9.30 Å². The van der Waals surface area contributed by atoms with Crippen molar-refractivity contribution in [3.05, 3.63) is 90.5 Å². The van der Waals surface area contributed by atoms with Gasteiger partial charge in [-0.25, -0.2) is 0 Å². The van der Waals surface area contributed by atoms with Crippen molar-refractivity contribution in [2.45, 2.75) is 6.54 Å². The monoisotopic (exact) mass is 313 g/mol. The van der Waals surface area contributed by atoms with Gasteiger partial charge in [0.25, 0.3) is 0 Å². The van der Waals surface area contributed by atoms with Gasteiger partial charge in [0, 0.05) is 23.1 Å². The average Bonchev–Trinajstić information content (AvgIpc) is 3.01. The summed E-state index contributed by atoms with van der Waals surface area (Å²) in [7, 11) is 1.70. The molecular formula is C22H19NO. The number of hydrogen-bond acceptors (Lipinski definition) is 1. The van der Waals surface area contributed by atoms with E-state index in [0.717, 1.165) is 12.3 Å². The zero-order chi connectivity index (χ0) is 16.4. The fourth-order valence-electron chi connectivity index (χ4n) is 3.15. The summed E-state index contributed by atoms with van der Waals surface area (Å²) in [5.41, 5.74) is 4.98. The molecule has 3 aromatic carbocycles. The fraction of sp³-hybridized carbons (Fsp3) is 0.0909. The minimum Gasteiger partial charge on any atom is -0.497 e. The van der Waals surface area contributed by atoms with Crippen LogP contribution >= 0.6 is 0 Å². The van der Waals surface area contributed by atoms with E-state index >= 15 is 0 Å². The second-order valence-electron chi connectivity index (χ2n) is 5.89. The first-order valence-corrected chi connectivity index (χ1v) is 8.12. The normalized spacial score (nSPS) is 10.9. The van der Waals surface area contributed by atoms with Crippen molar-refractivity contribution in [2.24, 2.45) is 0 Å². The van der Waals surface area contributed by atoms with Crippen molar-refractivity contribution in [1.29, 1.82) is 0 Å². The van der Waals surface area contributed by atoms with Gasteiger partial charge in [-0.3, -0.25) is 0 Å². The maximum absolute atomic E-state index is 5.28. The number of benzene rings is 3. The molecule has 0 amide bonds. The van der Waals surface area contributed by atoms with E-state index in [1.54, 1.807) is 7.11 Å². The molecule has 1 heterocycles. The molecule has 2 nitrogen and oxygen atoms in total. The van der Waals surface area contributed by atoms with Crippen LogP contribution in [0.2, 0.25) is 0 Å². The van der Waals surface area contributed by atoms with Crippen LogP contribution in [0.3, 0.4) is 0 Å². The lowest BCUT2D eigenvalue weighted by molar-refractivity contribution is 0.415. The minimum atomic E-state index is 0.857. The number of rotatable bonds is 4. The van der Waals surface area contributed by atoms with Gasteiger partial charge in [0.05, 0.1) is 7.11 Å². The smallest absolute Gasteiger partial charge is 0.118 e. The summed E-state index contributed by atoms with van der Waals surface area (Å²) in [6, 6.07) is 29.7. The zero-order valence-corrected chi connectivity index (χ0v) is 13.6. The molecule has 1 aromatic heterocycles. The van der Waals surface area contributed by atoms with E-state index in [1.807, 2.05) is 12.1 Å². The highest BCUT2D eigenvalue weighted by Gasteiger charge is 2.11. The van der Waals surface area contributed by atoms with Crippen molar-refractivity contribution in [3.63, 3.8) is 0 Å². The minimum absolute atomic E-state index is 0.857. The number of hydrogen-bond donors (Lipinski definition) is 0. The average molecular weight is 313 g/mol. The summed E-state index contributed by atoms with van der Waals surface area (Å²) in [6.45, 7) is 0.857. The van der Waals surface area contributed by atoms with E-state index < -0.39 is 0 Å². The highest BCUT2D eigenvalue weighted by molar-refractivity contribution is 5.87. The lowest BCUT2D eigenvalue weighted by atomic mass is 10.1. The molecule has 0 aliphatic carbocycles. The highest BCUT2D eigenvalue weighted by Crippen LogP contribution is 2.30. The Morgan fingerprint density at radius 1 is 0.792 bits per heavy atom. The first-order chi connectivity index (χ1) is 11.8. The maximum atomic E-state index is 5.28. The Bertz CT molecular complexity index is 952. The van der Waals surface area contributed by atoms with Gasteiger partial charge in [0.15, 0.2) is 0 Å². The summed E-state index contributed by atoms with van der Waals surface area (Å²) in [4.78, 5) is 0. The molecule has 0 unspecified atom stereocenters. The summed E-state index contributed by atoms with van der Waals surface area (Å²) in [5, 5.41) is 1.26. The van der Waals surface area contributed by atoms with Crippen LogP contribution in [-0.4, -0.2) is 11.7 Å². The molecule has 4 aromatic rings. The van der Waals surface area contributed by atoms with Gasteiger partial charge in [0.1, 0.15) is 5.75 Å². The van der Waals surface area contributed by atoms with Crippen LogP contribution in [0, 0.1) is 0 Å². The second kappa shape index (κ2) is 6.25. The third kappa shape index (κ3) is 2.67. The molecule has 0 saturated heterocycles. The molecule has 2 heteroatoms. The van der Waals surface area contributed by atoms with Crippen LogP contribution in [-0.2, 0) is 6.54 Å². The van der Waals surface area contributed by atoms with E-state index in [9.17, 15) is 0 Å². The van der Waals surface area contributed by atoms with Crippen molar-refractivity contribution >= 4 is 10.9 Å². The Labute approximate surface area is 141 Å². The van der Waals surface area contributed by atoms with Crippen LogP contribution in [0.5, 0.6) is 5.75 Å². The number of aromatic nitrogens is 1. The van der Waals surface area contributed by atoms with E-state index in [-0.39, 0.29) is 0 Å². The van der Waals surface area contributed by atoms with E-state index in [4.69, 9.17) is 4.74 Å². The topological polar surface area (TPSA) is 14.2 Å². The Hall–Kier alpha value is -3.00. The summed E-state index contributed by atoms with van der Waals surface area (Å²) in [5.74, 6) is 0.879. The van der Waals surface area contributed by atoms with Crippen molar-refractivity contribution in [1.82, 2.24) is 4.57 Å². The maximum Gasteiger partial charge on any atom is 0.118 e.